The molecule has 160 valence electrons. The highest BCUT2D eigenvalue weighted by atomic mass is 32.1. The van der Waals surface area contributed by atoms with Gasteiger partial charge in [0.25, 0.3) is 5.56 Å². The van der Waals surface area contributed by atoms with Crippen LogP contribution in [0.4, 0.5) is 10.9 Å². The molecule has 2 aromatic heterocycles. The van der Waals surface area contributed by atoms with E-state index in [1.54, 1.807) is 0 Å². The number of rotatable bonds is 6. The fourth-order valence-corrected chi connectivity index (χ4v) is 5.12. The Kier molecular flexibility index (Phi) is 5.59. The lowest BCUT2D eigenvalue weighted by Crippen LogP contribution is -2.40. The molecule has 1 atom stereocenters. The summed E-state index contributed by atoms with van der Waals surface area (Å²) in [4.78, 5) is 56.2. The third kappa shape index (κ3) is 3.60. The quantitative estimate of drug-likeness (QED) is 0.723. The van der Waals surface area contributed by atoms with Crippen molar-refractivity contribution < 1.29 is 9.59 Å². The van der Waals surface area contributed by atoms with Gasteiger partial charge in [-0.05, 0) is 32.1 Å². The summed E-state index contributed by atoms with van der Waals surface area (Å²) in [6.45, 7) is 2.39. The van der Waals surface area contributed by atoms with Crippen LogP contribution < -0.4 is 21.9 Å². The van der Waals surface area contributed by atoms with Crippen molar-refractivity contribution in [3.63, 3.8) is 0 Å². The highest BCUT2D eigenvalue weighted by molar-refractivity contribution is 7.15. The maximum Gasteiger partial charge on any atom is 0.332 e. The predicted molar refractivity (Wildman–Crippen MR) is 114 cm³/mol. The first-order chi connectivity index (χ1) is 14.4. The number of hydrogen-bond donors (Lipinski definition) is 2. The van der Waals surface area contributed by atoms with Crippen molar-refractivity contribution in [3.05, 3.63) is 37.0 Å². The Morgan fingerprint density at radius 3 is 2.77 bits per heavy atom. The standard InChI is InChI=1S/C20H25N5O4S/c1-3-4-9-25-16-15(18(28)24(2)20(25)29)11(17(27)23-16)10-14(26)22-19-21-12-7-5-6-8-13(12)30-19/h11H,3-10H2,1-2H3,(H,23,27)(H,21,22,26). The zero-order valence-electron chi connectivity index (χ0n) is 17.1. The molecule has 0 saturated heterocycles. The molecule has 4 rings (SSSR count). The third-order valence-corrected chi connectivity index (χ3v) is 6.77. The average Bonchev–Trinajstić information content (AvgIpc) is 3.26. The smallest absolute Gasteiger partial charge is 0.311 e. The molecule has 2 amide bonds. The summed E-state index contributed by atoms with van der Waals surface area (Å²) in [5, 5.41) is 5.98. The van der Waals surface area contributed by atoms with Crippen LogP contribution >= 0.6 is 11.3 Å². The van der Waals surface area contributed by atoms with Gasteiger partial charge in [-0.2, -0.15) is 0 Å². The number of aryl methyl sites for hydroxylation is 2. The fraction of sp³-hybridized carbons (Fsp3) is 0.550. The van der Waals surface area contributed by atoms with Gasteiger partial charge in [-0.1, -0.05) is 13.3 Å². The van der Waals surface area contributed by atoms with Gasteiger partial charge < -0.3 is 10.6 Å². The summed E-state index contributed by atoms with van der Waals surface area (Å²) in [6.07, 6.45) is 5.56. The van der Waals surface area contributed by atoms with Gasteiger partial charge >= 0.3 is 5.69 Å². The zero-order chi connectivity index (χ0) is 21.4. The molecule has 30 heavy (non-hydrogen) atoms. The molecule has 0 spiro atoms. The number of unbranched alkanes of at least 4 members (excludes halogenated alkanes) is 1. The Morgan fingerprint density at radius 2 is 2.03 bits per heavy atom. The van der Waals surface area contributed by atoms with Gasteiger partial charge in [0, 0.05) is 24.9 Å². The monoisotopic (exact) mass is 431 g/mol. The second-order valence-electron chi connectivity index (χ2n) is 7.80. The highest BCUT2D eigenvalue weighted by Gasteiger charge is 2.38. The molecule has 0 radical (unpaired) electrons. The summed E-state index contributed by atoms with van der Waals surface area (Å²) in [5.41, 5.74) is 0.223. The fourth-order valence-electron chi connectivity index (χ4n) is 4.05. The lowest BCUT2D eigenvalue weighted by atomic mass is 9.99. The van der Waals surface area contributed by atoms with Crippen LogP contribution in [0, 0.1) is 0 Å². The van der Waals surface area contributed by atoms with Gasteiger partial charge in [-0.3, -0.25) is 23.5 Å². The largest absolute Gasteiger partial charge is 0.332 e. The number of amides is 2. The minimum absolute atomic E-state index is 0.176. The molecule has 1 aliphatic heterocycles. The minimum Gasteiger partial charge on any atom is -0.311 e. The Bertz CT molecular complexity index is 1110. The molecule has 0 aromatic carbocycles. The zero-order valence-corrected chi connectivity index (χ0v) is 17.9. The van der Waals surface area contributed by atoms with E-state index in [-0.39, 0.29) is 23.7 Å². The predicted octanol–water partition coefficient (Wildman–Crippen LogP) is 1.75. The number of fused-ring (bicyclic) bond motifs is 2. The van der Waals surface area contributed by atoms with E-state index in [0.29, 0.717) is 11.7 Å². The number of nitrogens with zero attached hydrogens (tertiary/aromatic N) is 3. The number of carbonyl (C=O) groups excluding carboxylic acids is 2. The van der Waals surface area contributed by atoms with Gasteiger partial charge in [0.1, 0.15) is 5.82 Å². The van der Waals surface area contributed by atoms with E-state index >= 15 is 0 Å². The van der Waals surface area contributed by atoms with Crippen molar-refractivity contribution in [2.75, 3.05) is 10.6 Å². The number of nitrogens with one attached hydrogen (secondary N) is 2. The normalized spacial score (nSPS) is 17.4. The lowest BCUT2D eigenvalue weighted by Gasteiger charge is -2.13. The van der Waals surface area contributed by atoms with Crippen molar-refractivity contribution in [3.8, 4) is 0 Å². The Balaban J connectivity index is 1.59. The van der Waals surface area contributed by atoms with E-state index in [1.807, 2.05) is 6.92 Å². The van der Waals surface area contributed by atoms with Gasteiger partial charge in [-0.15, -0.1) is 11.3 Å². The second-order valence-corrected chi connectivity index (χ2v) is 8.89. The maximum atomic E-state index is 12.8. The summed E-state index contributed by atoms with van der Waals surface area (Å²) < 4.78 is 2.43. The Hall–Kier alpha value is -2.75. The molecular weight excluding hydrogens is 406 g/mol. The summed E-state index contributed by atoms with van der Waals surface area (Å²) >= 11 is 1.47. The van der Waals surface area contributed by atoms with Crippen LogP contribution in [-0.2, 0) is 36.0 Å². The van der Waals surface area contributed by atoms with Crippen molar-refractivity contribution in [1.29, 1.82) is 0 Å². The van der Waals surface area contributed by atoms with E-state index < -0.39 is 23.1 Å². The molecule has 0 fully saturated rings. The SMILES string of the molecule is CCCCn1c2c(c(=O)n(C)c1=O)C(CC(=O)Nc1nc3c(s1)CCCC3)C(=O)N2. The van der Waals surface area contributed by atoms with Gasteiger partial charge in [0.15, 0.2) is 5.13 Å². The third-order valence-electron chi connectivity index (χ3n) is 5.70. The molecule has 10 heteroatoms. The van der Waals surface area contributed by atoms with Crippen LogP contribution in [0.2, 0.25) is 0 Å². The number of anilines is 2. The van der Waals surface area contributed by atoms with E-state index in [2.05, 4.69) is 15.6 Å². The molecule has 1 aliphatic carbocycles. The van der Waals surface area contributed by atoms with Crippen LogP contribution in [0.25, 0.3) is 0 Å². The highest BCUT2D eigenvalue weighted by Crippen LogP contribution is 2.33. The van der Waals surface area contributed by atoms with Gasteiger partial charge in [0.05, 0.1) is 17.2 Å². The van der Waals surface area contributed by atoms with E-state index in [9.17, 15) is 19.2 Å². The number of hydrogen-bond acceptors (Lipinski definition) is 6. The average molecular weight is 432 g/mol. The van der Waals surface area contributed by atoms with E-state index in [4.69, 9.17) is 0 Å². The van der Waals surface area contributed by atoms with Crippen LogP contribution in [0.3, 0.4) is 0 Å². The van der Waals surface area contributed by atoms with Gasteiger partial charge in [0.2, 0.25) is 11.8 Å². The molecule has 2 aromatic rings. The molecule has 3 heterocycles. The summed E-state index contributed by atoms with van der Waals surface area (Å²) in [5.74, 6) is -1.51. The lowest BCUT2D eigenvalue weighted by molar-refractivity contribution is -0.122. The van der Waals surface area contributed by atoms with Crippen LogP contribution in [-0.4, -0.2) is 25.9 Å². The molecule has 2 aliphatic rings. The van der Waals surface area contributed by atoms with Crippen molar-refractivity contribution in [2.24, 2.45) is 7.05 Å². The van der Waals surface area contributed by atoms with Crippen molar-refractivity contribution in [2.45, 2.75) is 64.3 Å². The van der Waals surface area contributed by atoms with Gasteiger partial charge in [-0.25, -0.2) is 9.78 Å². The first kappa shape index (κ1) is 20.5. The Labute approximate surface area is 177 Å². The summed E-state index contributed by atoms with van der Waals surface area (Å²) in [7, 11) is 1.40. The van der Waals surface area contributed by atoms with Crippen molar-refractivity contribution >= 4 is 34.1 Å². The molecule has 0 bridgehead atoms. The first-order valence-electron chi connectivity index (χ1n) is 10.3. The number of carbonyl (C=O) groups is 2. The molecule has 1 unspecified atom stereocenters. The Morgan fingerprint density at radius 1 is 1.27 bits per heavy atom. The van der Waals surface area contributed by atoms with Crippen LogP contribution in [0.5, 0.6) is 0 Å². The summed E-state index contributed by atoms with van der Waals surface area (Å²) in [6, 6.07) is 0. The molecule has 2 N–H and O–H groups in total. The van der Waals surface area contributed by atoms with E-state index in [1.165, 1.54) is 27.8 Å². The topological polar surface area (TPSA) is 115 Å². The maximum absolute atomic E-state index is 12.8. The number of aromatic nitrogens is 3. The van der Waals surface area contributed by atoms with E-state index in [0.717, 1.165) is 48.8 Å². The molecular formula is C20H25N5O4S. The minimum atomic E-state index is -0.929. The second kappa shape index (κ2) is 8.17. The molecule has 0 saturated carbocycles. The number of thiazole rings is 1. The molecule has 9 nitrogen and oxygen atoms in total. The van der Waals surface area contributed by atoms with Crippen LogP contribution in [0.15, 0.2) is 9.59 Å². The first-order valence-corrected chi connectivity index (χ1v) is 11.1. The van der Waals surface area contributed by atoms with Crippen LogP contribution in [0.1, 0.15) is 61.1 Å². The van der Waals surface area contributed by atoms with Crippen molar-refractivity contribution in [1.82, 2.24) is 14.1 Å².